The van der Waals surface area contributed by atoms with Crippen molar-refractivity contribution in [1.82, 2.24) is 0 Å². The summed E-state index contributed by atoms with van der Waals surface area (Å²) in [6.45, 7) is 4.99. The second-order valence-electron chi connectivity index (χ2n) is 29.5. The number of carbonyl (C=O) groups is 4. The van der Waals surface area contributed by atoms with Crippen LogP contribution in [-0.4, -0.2) is 96.7 Å². The number of carbonyl (C=O) groups excluding carboxylic acids is 4. The van der Waals surface area contributed by atoms with Crippen LogP contribution in [0.1, 0.15) is 445 Å². The van der Waals surface area contributed by atoms with Crippen LogP contribution in [0.5, 0.6) is 0 Å². The smallest absolute Gasteiger partial charge is 0.462 e. The molecule has 3 N–H and O–H groups in total. The maximum atomic E-state index is 13.1. The molecule has 0 saturated carbocycles. The standard InChI is InChI=1S/C82H160O17P2/c1-5-9-13-17-21-25-28-31-33-35-37-38-39-41-43-45-47-50-53-57-61-65-69-82(87)99-78(73-93-80(85)67-63-59-55-51-49-46-44-42-40-36-34-32-29-26-22-18-14-10-6-2)75-97-101(90,91)95-71-76(83)70-94-100(88,89)96-74-77(72-92-79(84)66-62-58-54-24-20-16-12-8-4)98-81(86)68-64-60-56-52-48-30-27-23-19-15-11-7-3/h76-78,83H,5-75H2,1-4H3,(H,88,89)(H,90,91)/t76-,77+,78+/m0/s1. The number of unbranched alkanes of at least 4 members (excludes halogenated alkanes) is 57. The fraction of sp³-hybridized carbons (Fsp3) is 0.951. The Labute approximate surface area is 619 Å². The first-order valence-electron chi connectivity index (χ1n) is 42.8. The van der Waals surface area contributed by atoms with Gasteiger partial charge in [0.05, 0.1) is 26.4 Å². The zero-order valence-electron chi connectivity index (χ0n) is 65.9. The molecule has 19 heteroatoms. The van der Waals surface area contributed by atoms with E-state index in [9.17, 15) is 43.2 Å². The Balaban J connectivity index is 5.16. The predicted molar refractivity (Wildman–Crippen MR) is 414 cm³/mol. The number of rotatable bonds is 83. The van der Waals surface area contributed by atoms with Crippen molar-refractivity contribution >= 4 is 39.5 Å². The molecule has 0 aliphatic rings. The van der Waals surface area contributed by atoms with E-state index in [4.69, 9.17) is 37.0 Å². The molecule has 0 rings (SSSR count). The first-order chi connectivity index (χ1) is 49.2. The topological polar surface area (TPSA) is 237 Å². The largest absolute Gasteiger partial charge is 0.472 e. The van der Waals surface area contributed by atoms with Gasteiger partial charge < -0.3 is 33.8 Å². The summed E-state index contributed by atoms with van der Waals surface area (Å²) in [4.78, 5) is 72.9. The van der Waals surface area contributed by atoms with Crippen LogP contribution in [0.4, 0.5) is 0 Å². The molecule has 2 unspecified atom stereocenters. The van der Waals surface area contributed by atoms with E-state index in [2.05, 4.69) is 27.7 Å². The van der Waals surface area contributed by atoms with E-state index in [0.717, 1.165) is 89.9 Å². The minimum atomic E-state index is -4.96. The molecule has 600 valence electrons. The average Bonchev–Trinajstić information content (AvgIpc) is 0.943. The lowest BCUT2D eigenvalue weighted by Crippen LogP contribution is -2.30. The molecule has 101 heavy (non-hydrogen) atoms. The number of hydrogen-bond acceptors (Lipinski definition) is 15. The number of ether oxygens (including phenoxy) is 4. The second kappa shape index (κ2) is 76.3. The SMILES string of the molecule is CCCCCCCCCCCCCCCCCCCCCCCCC(=O)O[C@H](COC(=O)CCCCCCCCCCCCCCCCCCCCC)COP(=O)(O)OC[C@@H](O)COP(=O)(O)OC[C@@H](COC(=O)CCCCCCCCCC)OC(=O)CCCCCCCCCCCCCC. The molecule has 5 atom stereocenters. The van der Waals surface area contributed by atoms with Crippen LogP contribution in [-0.2, 0) is 65.4 Å². The Morgan fingerprint density at radius 3 is 0.584 bits per heavy atom. The Bertz CT molecular complexity index is 1910. The number of phosphoric ester groups is 2. The number of esters is 4. The summed E-state index contributed by atoms with van der Waals surface area (Å²) in [5.41, 5.74) is 0. The van der Waals surface area contributed by atoms with Crippen LogP contribution < -0.4 is 0 Å². The normalized spacial score (nSPS) is 13.8. The van der Waals surface area contributed by atoms with E-state index in [1.165, 1.54) is 276 Å². The maximum Gasteiger partial charge on any atom is 0.472 e. The molecule has 0 fully saturated rings. The first-order valence-corrected chi connectivity index (χ1v) is 45.8. The van der Waals surface area contributed by atoms with Gasteiger partial charge >= 0.3 is 39.5 Å². The first kappa shape index (κ1) is 99.1. The van der Waals surface area contributed by atoms with Gasteiger partial charge in [-0.25, -0.2) is 9.13 Å². The van der Waals surface area contributed by atoms with E-state index in [-0.39, 0.29) is 25.7 Å². The summed E-state index contributed by atoms with van der Waals surface area (Å²) in [5, 5.41) is 10.6. The summed E-state index contributed by atoms with van der Waals surface area (Å²) < 4.78 is 68.6. The number of hydrogen-bond donors (Lipinski definition) is 3. The van der Waals surface area contributed by atoms with Crippen LogP contribution in [0, 0.1) is 0 Å². The summed E-state index contributed by atoms with van der Waals surface area (Å²) >= 11 is 0. The monoisotopic (exact) mass is 1480 g/mol. The quantitative estimate of drug-likeness (QED) is 0.0222. The molecular formula is C82H160O17P2. The van der Waals surface area contributed by atoms with E-state index in [1.807, 2.05) is 0 Å². The summed E-state index contributed by atoms with van der Waals surface area (Å²) in [5.74, 6) is -2.11. The lowest BCUT2D eigenvalue weighted by Gasteiger charge is -2.21. The minimum absolute atomic E-state index is 0.108. The van der Waals surface area contributed by atoms with Gasteiger partial charge in [0.15, 0.2) is 12.2 Å². The molecule has 0 saturated heterocycles. The molecule has 0 bridgehead atoms. The van der Waals surface area contributed by atoms with E-state index in [1.54, 1.807) is 0 Å². The highest BCUT2D eigenvalue weighted by Crippen LogP contribution is 2.45. The Morgan fingerprint density at radius 2 is 0.396 bits per heavy atom. The van der Waals surface area contributed by atoms with Crippen LogP contribution in [0.3, 0.4) is 0 Å². The van der Waals surface area contributed by atoms with Gasteiger partial charge in [-0.3, -0.25) is 37.3 Å². The summed E-state index contributed by atoms with van der Waals surface area (Å²) in [6, 6.07) is 0. The predicted octanol–water partition coefficient (Wildman–Crippen LogP) is 25.0. The molecular weight excluding hydrogens is 1320 g/mol. The molecule has 0 spiro atoms. The fourth-order valence-electron chi connectivity index (χ4n) is 12.8. The highest BCUT2D eigenvalue weighted by Gasteiger charge is 2.30. The number of phosphoric acid groups is 2. The molecule has 0 aliphatic carbocycles. The van der Waals surface area contributed by atoms with Crippen LogP contribution in [0.25, 0.3) is 0 Å². The lowest BCUT2D eigenvalue weighted by atomic mass is 10.0. The van der Waals surface area contributed by atoms with Gasteiger partial charge in [-0.1, -0.05) is 394 Å². The van der Waals surface area contributed by atoms with Crippen molar-refractivity contribution in [2.24, 2.45) is 0 Å². The van der Waals surface area contributed by atoms with Crippen molar-refractivity contribution in [2.75, 3.05) is 39.6 Å². The fourth-order valence-corrected chi connectivity index (χ4v) is 14.4. The minimum Gasteiger partial charge on any atom is -0.462 e. The van der Waals surface area contributed by atoms with Crippen molar-refractivity contribution in [3.63, 3.8) is 0 Å². The molecule has 0 heterocycles. The van der Waals surface area contributed by atoms with Gasteiger partial charge in [0.25, 0.3) is 0 Å². The van der Waals surface area contributed by atoms with Gasteiger partial charge in [-0.2, -0.15) is 0 Å². The Morgan fingerprint density at radius 1 is 0.238 bits per heavy atom. The maximum absolute atomic E-state index is 13.1. The Hall–Kier alpha value is -1.94. The number of aliphatic hydroxyl groups excluding tert-OH is 1. The van der Waals surface area contributed by atoms with Crippen LogP contribution >= 0.6 is 15.6 Å². The molecule has 17 nitrogen and oxygen atoms in total. The van der Waals surface area contributed by atoms with Gasteiger partial charge in [0.1, 0.15) is 19.3 Å². The number of aliphatic hydroxyl groups is 1. The molecule has 0 aromatic carbocycles. The summed E-state index contributed by atoms with van der Waals surface area (Å²) in [7, 11) is -9.91. The lowest BCUT2D eigenvalue weighted by molar-refractivity contribution is -0.161. The van der Waals surface area contributed by atoms with Crippen LogP contribution in [0.2, 0.25) is 0 Å². The highest BCUT2D eigenvalue weighted by atomic mass is 31.2. The van der Waals surface area contributed by atoms with Gasteiger partial charge in [0, 0.05) is 25.7 Å². The van der Waals surface area contributed by atoms with Gasteiger partial charge in [0.2, 0.25) is 0 Å². The van der Waals surface area contributed by atoms with Crippen molar-refractivity contribution in [2.45, 2.75) is 463 Å². The van der Waals surface area contributed by atoms with E-state index in [0.29, 0.717) is 25.7 Å². The van der Waals surface area contributed by atoms with E-state index < -0.39 is 97.5 Å². The van der Waals surface area contributed by atoms with Crippen molar-refractivity contribution in [3.8, 4) is 0 Å². The van der Waals surface area contributed by atoms with Gasteiger partial charge in [-0.05, 0) is 25.7 Å². The van der Waals surface area contributed by atoms with Crippen molar-refractivity contribution in [1.29, 1.82) is 0 Å². The van der Waals surface area contributed by atoms with Crippen LogP contribution in [0.15, 0.2) is 0 Å². The molecule has 0 amide bonds. The second-order valence-corrected chi connectivity index (χ2v) is 32.4. The zero-order chi connectivity index (χ0) is 73.9. The van der Waals surface area contributed by atoms with Crippen molar-refractivity contribution < 1.29 is 80.2 Å². The van der Waals surface area contributed by atoms with E-state index >= 15 is 0 Å². The third-order valence-corrected chi connectivity index (χ3v) is 21.3. The average molecular weight is 1480 g/mol. The van der Waals surface area contributed by atoms with Crippen molar-refractivity contribution in [3.05, 3.63) is 0 Å². The van der Waals surface area contributed by atoms with Gasteiger partial charge in [-0.15, -0.1) is 0 Å². The third-order valence-electron chi connectivity index (χ3n) is 19.4. The Kier molecular flexibility index (Phi) is 74.8. The zero-order valence-corrected chi connectivity index (χ0v) is 67.7. The molecule has 0 radical (unpaired) electrons. The molecule has 0 aromatic rings. The molecule has 0 aromatic heterocycles. The molecule has 0 aliphatic heterocycles. The third kappa shape index (κ3) is 76.1. The summed E-state index contributed by atoms with van der Waals surface area (Å²) in [6.07, 6.45) is 69.6. The highest BCUT2D eigenvalue weighted by molar-refractivity contribution is 7.47.